The molecule has 96 valence electrons. The molecule has 0 aromatic carbocycles. The predicted molar refractivity (Wildman–Crippen MR) is 69.0 cm³/mol. The van der Waals surface area contributed by atoms with Gasteiger partial charge in [0, 0.05) is 12.1 Å². The van der Waals surface area contributed by atoms with Crippen LogP contribution < -0.4 is 0 Å². The molecule has 0 amide bonds. The second kappa shape index (κ2) is 4.40. The molecule has 5 nitrogen and oxygen atoms in total. The number of carbonyl (C=O) groups is 1. The smallest absolute Gasteiger partial charge is 0.338 e. The first-order valence-electron chi connectivity index (χ1n) is 6.04. The number of rotatable bonds is 3. The van der Waals surface area contributed by atoms with E-state index in [1.165, 1.54) is 6.20 Å². The maximum absolute atomic E-state index is 11.2. The number of nitrogens with one attached hydrogen (secondary N) is 1. The summed E-state index contributed by atoms with van der Waals surface area (Å²) in [5.41, 5.74) is 1.64. The Morgan fingerprint density at radius 2 is 1.89 bits per heavy atom. The number of aromatic carboxylic acids is 1. The Morgan fingerprint density at radius 3 is 2.39 bits per heavy atom. The molecule has 2 aromatic heterocycles. The third-order valence-corrected chi connectivity index (χ3v) is 2.87. The van der Waals surface area contributed by atoms with Crippen molar-refractivity contribution in [3.05, 3.63) is 23.3 Å². The van der Waals surface area contributed by atoms with E-state index in [4.69, 9.17) is 0 Å². The lowest BCUT2D eigenvalue weighted by atomic mass is 10.0. The van der Waals surface area contributed by atoms with Gasteiger partial charge in [-0.3, -0.25) is 0 Å². The molecule has 0 bridgehead atoms. The summed E-state index contributed by atoms with van der Waals surface area (Å²) in [4.78, 5) is 23.0. The lowest BCUT2D eigenvalue weighted by Gasteiger charge is -2.11. The van der Waals surface area contributed by atoms with Gasteiger partial charge in [0.1, 0.15) is 11.5 Å². The molecular weight excluding hydrogens is 230 g/mol. The van der Waals surface area contributed by atoms with Gasteiger partial charge in [0.25, 0.3) is 0 Å². The van der Waals surface area contributed by atoms with Crippen LogP contribution in [0, 0.1) is 0 Å². The fourth-order valence-electron chi connectivity index (χ4n) is 1.92. The van der Waals surface area contributed by atoms with E-state index in [2.05, 4.69) is 15.0 Å². The largest absolute Gasteiger partial charge is 0.478 e. The Morgan fingerprint density at radius 1 is 1.22 bits per heavy atom. The third-order valence-electron chi connectivity index (χ3n) is 2.87. The van der Waals surface area contributed by atoms with Crippen LogP contribution in [0.4, 0.5) is 0 Å². The van der Waals surface area contributed by atoms with Gasteiger partial charge in [-0.1, -0.05) is 27.7 Å². The van der Waals surface area contributed by atoms with Crippen molar-refractivity contribution in [3.8, 4) is 0 Å². The van der Waals surface area contributed by atoms with Crippen molar-refractivity contribution in [2.75, 3.05) is 0 Å². The lowest BCUT2D eigenvalue weighted by Crippen LogP contribution is -2.05. The molecular formula is C13H17N3O2. The summed E-state index contributed by atoms with van der Waals surface area (Å²) < 4.78 is 0. The highest BCUT2D eigenvalue weighted by Gasteiger charge is 2.20. The van der Waals surface area contributed by atoms with Gasteiger partial charge >= 0.3 is 5.97 Å². The minimum Gasteiger partial charge on any atom is -0.478 e. The zero-order valence-corrected chi connectivity index (χ0v) is 11.0. The van der Waals surface area contributed by atoms with E-state index in [0.717, 1.165) is 11.5 Å². The molecule has 0 radical (unpaired) electrons. The number of fused-ring (bicyclic) bond motifs is 1. The summed E-state index contributed by atoms with van der Waals surface area (Å²) in [6.45, 7) is 8.05. The standard InChI is InChI=1S/C13H17N3O2/c1-6(2)10-9-8(13(17)18)5-14-12(9)16-11(15-10)7(3)4/h5-7H,1-4H3,(H,17,18)(H,14,15,16). The first kappa shape index (κ1) is 12.5. The predicted octanol–water partition coefficient (Wildman–Crippen LogP) is 2.90. The average Bonchev–Trinajstić information content (AvgIpc) is 2.70. The van der Waals surface area contributed by atoms with Crippen LogP contribution in [0.1, 0.15) is 61.4 Å². The van der Waals surface area contributed by atoms with Crippen LogP contribution in [0.2, 0.25) is 0 Å². The first-order chi connectivity index (χ1) is 8.41. The van der Waals surface area contributed by atoms with Crippen molar-refractivity contribution in [2.45, 2.75) is 39.5 Å². The number of aromatic amines is 1. The molecule has 5 heteroatoms. The number of carboxylic acid groups (broad SMARTS) is 1. The highest BCUT2D eigenvalue weighted by Crippen LogP contribution is 2.27. The Hall–Kier alpha value is -1.91. The van der Waals surface area contributed by atoms with Crippen molar-refractivity contribution in [3.63, 3.8) is 0 Å². The Balaban J connectivity index is 2.80. The summed E-state index contributed by atoms with van der Waals surface area (Å²) in [5.74, 6) is 0.152. The number of hydrogen-bond donors (Lipinski definition) is 2. The minimum atomic E-state index is -0.955. The molecule has 2 aromatic rings. The summed E-state index contributed by atoms with van der Waals surface area (Å²) in [7, 11) is 0. The maximum atomic E-state index is 11.2. The summed E-state index contributed by atoms with van der Waals surface area (Å²) >= 11 is 0. The van der Waals surface area contributed by atoms with E-state index in [1.807, 2.05) is 27.7 Å². The zero-order chi connectivity index (χ0) is 13.4. The monoisotopic (exact) mass is 247 g/mol. The summed E-state index contributed by atoms with van der Waals surface area (Å²) in [6.07, 6.45) is 1.48. The molecule has 0 spiro atoms. The molecule has 2 N–H and O–H groups in total. The van der Waals surface area contributed by atoms with Crippen LogP contribution in [-0.2, 0) is 0 Å². The highest BCUT2D eigenvalue weighted by molar-refractivity contribution is 6.03. The van der Waals surface area contributed by atoms with Gasteiger partial charge in [0.15, 0.2) is 0 Å². The number of aromatic nitrogens is 3. The van der Waals surface area contributed by atoms with Crippen LogP contribution in [0.3, 0.4) is 0 Å². The summed E-state index contributed by atoms with van der Waals surface area (Å²) in [5, 5.41) is 9.81. The van der Waals surface area contributed by atoms with Crippen molar-refractivity contribution in [1.29, 1.82) is 0 Å². The van der Waals surface area contributed by atoms with Gasteiger partial charge in [-0.15, -0.1) is 0 Å². The van der Waals surface area contributed by atoms with Gasteiger partial charge in [0.2, 0.25) is 0 Å². The Bertz CT molecular complexity index is 600. The van der Waals surface area contributed by atoms with Crippen LogP contribution in [0.25, 0.3) is 11.0 Å². The normalized spacial score (nSPS) is 11.7. The summed E-state index contributed by atoms with van der Waals surface area (Å²) in [6, 6.07) is 0. The minimum absolute atomic E-state index is 0.155. The molecule has 0 saturated carbocycles. The van der Waals surface area contributed by atoms with E-state index < -0.39 is 5.97 Å². The van der Waals surface area contributed by atoms with E-state index >= 15 is 0 Å². The Kier molecular flexibility index (Phi) is 3.07. The average molecular weight is 247 g/mol. The third kappa shape index (κ3) is 1.96. The molecule has 2 rings (SSSR count). The van der Waals surface area contributed by atoms with Gasteiger partial charge in [0.05, 0.1) is 16.6 Å². The highest BCUT2D eigenvalue weighted by atomic mass is 16.4. The SMILES string of the molecule is CC(C)c1nc(C(C)C)c2c(C(=O)O)c[nH]c2n1. The molecule has 2 heterocycles. The van der Waals surface area contributed by atoms with Crippen molar-refractivity contribution < 1.29 is 9.90 Å². The molecule has 0 aliphatic heterocycles. The fraction of sp³-hybridized carbons (Fsp3) is 0.462. The molecule has 0 aliphatic carbocycles. The van der Waals surface area contributed by atoms with E-state index in [0.29, 0.717) is 11.0 Å². The first-order valence-corrected chi connectivity index (χ1v) is 6.04. The molecule has 0 aliphatic rings. The van der Waals surface area contributed by atoms with Crippen molar-refractivity contribution in [2.24, 2.45) is 0 Å². The van der Waals surface area contributed by atoms with Gasteiger partial charge < -0.3 is 10.1 Å². The number of nitrogens with zero attached hydrogens (tertiary/aromatic N) is 2. The van der Waals surface area contributed by atoms with Crippen LogP contribution in [0.5, 0.6) is 0 Å². The zero-order valence-electron chi connectivity index (χ0n) is 11.0. The molecule has 0 saturated heterocycles. The molecule has 0 fully saturated rings. The topological polar surface area (TPSA) is 78.9 Å². The molecule has 18 heavy (non-hydrogen) atoms. The number of carboxylic acids is 1. The van der Waals surface area contributed by atoms with Gasteiger partial charge in [-0.2, -0.15) is 0 Å². The van der Waals surface area contributed by atoms with E-state index in [9.17, 15) is 9.90 Å². The van der Waals surface area contributed by atoms with Crippen LogP contribution in [-0.4, -0.2) is 26.0 Å². The number of H-pyrrole nitrogens is 1. The lowest BCUT2D eigenvalue weighted by molar-refractivity contribution is 0.0699. The van der Waals surface area contributed by atoms with Crippen LogP contribution in [0.15, 0.2) is 6.20 Å². The van der Waals surface area contributed by atoms with Gasteiger partial charge in [-0.25, -0.2) is 14.8 Å². The van der Waals surface area contributed by atoms with E-state index in [-0.39, 0.29) is 17.4 Å². The van der Waals surface area contributed by atoms with Crippen LogP contribution >= 0.6 is 0 Å². The van der Waals surface area contributed by atoms with Crippen molar-refractivity contribution in [1.82, 2.24) is 15.0 Å². The van der Waals surface area contributed by atoms with E-state index in [1.54, 1.807) is 0 Å². The Labute approximate surface area is 105 Å². The quantitative estimate of drug-likeness (QED) is 0.874. The molecule has 0 unspecified atom stereocenters. The fourth-order valence-corrected chi connectivity index (χ4v) is 1.92. The second-order valence-electron chi connectivity index (χ2n) is 5.01. The van der Waals surface area contributed by atoms with Gasteiger partial charge in [-0.05, 0) is 5.92 Å². The number of hydrogen-bond acceptors (Lipinski definition) is 3. The maximum Gasteiger partial charge on any atom is 0.338 e. The second-order valence-corrected chi connectivity index (χ2v) is 5.01. The van der Waals surface area contributed by atoms with Crippen molar-refractivity contribution >= 4 is 17.0 Å². The molecule has 0 atom stereocenters.